The normalized spacial score (nSPS) is 10.4. The molecule has 1 aromatic carbocycles. The highest BCUT2D eigenvalue weighted by atomic mass is 19.1. The van der Waals surface area contributed by atoms with E-state index in [4.69, 9.17) is 4.74 Å². The second-order valence-corrected chi connectivity index (χ2v) is 3.05. The van der Waals surface area contributed by atoms with Gasteiger partial charge in [-0.1, -0.05) is 12.1 Å². The molecule has 0 aliphatic heterocycles. The number of halogens is 1. The monoisotopic (exact) mass is 168 g/mol. The zero-order valence-electron chi connectivity index (χ0n) is 7.60. The van der Waals surface area contributed by atoms with Gasteiger partial charge in [-0.15, -0.1) is 0 Å². The van der Waals surface area contributed by atoms with Gasteiger partial charge >= 0.3 is 0 Å². The summed E-state index contributed by atoms with van der Waals surface area (Å²) in [6.45, 7) is 5.48. The second kappa shape index (κ2) is 3.57. The number of rotatable bonds is 2. The van der Waals surface area contributed by atoms with Crippen LogP contribution in [0.25, 0.3) is 0 Å². The van der Waals surface area contributed by atoms with Gasteiger partial charge in [0.25, 0.3) is 0 Å². The Bertz CT molecular complexity index is 269. The molecule has 0 fully saturated rings. The number of benzene rings is 1. The third kappa shape index (κ3) is 1.97. The first kappa shape index (κ1) is 9.04. The summed E-state index contributed by atoms with van der Waals surface area (Å²) in [6.07, 6.45) is 0.0151. The second-order valence-electron chi connectivity index (χ2n) is 3.05. The molecule has 1 rings (SSSR count). The zero-order valence-corrected chi connectivity index (χ0v) is 7.60. The number of hydrogen-bond donors (Lipinski definition) is 0. The minimum Gasteiger partial charge on any atom is -0.488 e. The van der Waals surface area contributed by atoms with Crippen molar-refractivity contribution in [3.8, 4) is 5.75 Å². The Balaban J connectivity index is 2.92. The van der Waals surface area contributed by atoms with Crippen molar-refractivity contribution < 1.29 is 9.13 Å². The summed E-state index contributed by atoms with van der Waals surface area (Å²) < 4.78 is 18.5. The van der Waals surface area contributed by atoms with Crippen molar-refractivity contribution in [3.05, 3.63) is 29.6 Å². The van der Waals surface area contributed by atoms with Crippen LogP contribution in [-0.2, 0) is 0 Å². The van der Waals surface area contributed by atoms with E-state index in [-0.39, 0.29) is 11.9 Å². The molecule has 12 heavy (non-hydrogen) atoms. The summed E-state index contributed by atoms with van der Waals surface area (Å²) >= 11 is 0. The molecule has 0 N–H and O–H groups in total. The van der Waals surface area contributed by atoms with Crippen LogP contribution >= 0.6 is 0 Å². The highest BCUT2D eigenvalue weighted by Crippen LogP contribution is 2.20. The Morgan fingerprint density at radius 2 is 2.00 bits per heavy atom. The molecule has 0 bridgehead atoms. The predicted octanol–water partition coefficient (Wildman–Crippen LogP) is 2.92. The standard InChI is InChI=1S/C10H13FO/c1-7(2)12-9-6-4-5-8(3)10(9)11/h4-7H,1-3H3. The maximum absolute atomic E-state index is 13.2. The molecule has 0 spiro atoms. The maximum Gasteiger partial charge on any atom is 0.167 e. The molecule has 0 amide bonds. The van der Waals surface area contributed by atoms with E-state index in [0.29, 0.717) is 11.3 Å². The zero-order chi connectivity index (χ0) is 9.14. The van der Waals surface area contributed by atoms with Crippen LogP contribution in [0.4, 0.5) is 4.39 Å². The molecular weight excluding hydrogens is 155 g/mol. The molecule has 2 heteroatoms. The molecule has 0 heterocycles. The summed E-state index contributed by atoms with van der Waals surface area (Å²) in [5.41, 5.74) is 0.619. The first-order valence-corrected chi connectivity index (χ1v) is 4.03. The van der Waals surface area contributed by atoms with E-state index in [2.05, 4.69) is 0 Å². The number of hydrogen-bond acceptors (Lipinski definition) is 1. The van der Waals surface area contributed by atoms with E-state index in [9.17, 15) is 4.39 Å². The highest BCUT2D eigenvalue weighted by molar-refractivity contribution is 5.30. The van der Waals surface area contributed by atoms with Gasteiger partial charge in [0.1, 0.15) is 0 Å². The van der Waals surface area contributed by atoms with Gasteiger partial charge in [0.2, 0.25) is 0 Å². The molecule has 0 atom stereocenters. The topological polar surface area (TPSA) is 9.23 Å². The van der Waals surface area contributed by atoms with Crippen LogP contribution in [0.15, 0.2) is 18.2 Å². The molecule has 66 valence electrons. The summed E-state index contributed by atoms with van der Waals surface area (Å²) in [7, 11) is 0. The summed E-state index contributed by atoms with van der Waals surface area (Å²) in [4.78, 5) is 0. The molecule has 0 radical (unpaired) electrons. The van der Waals surface area contributed by atoms with E-state index < -0.39 is 0 Å². The van der Waals surface area contributed by atoms with E-state index in [1.807, 2.05) is 13.8 Å². The van der Waals surface area contributed by atoms with Gasteiger partial charge in [0.05, 0.1) is 6.10 Å². The van der Waals surface area contributed by atoms with E-state index >= 15 is 0 Å². The lowest BCUT2D eigenvalue weighted by atomic mass is 10.2. The van der Waals surface area contributed by atoms with Gasteiger partial charge in [-0.3, -0.25) is 0 Å². The van der Waals surface area contributed by atoms with Crippen molar-refractivity contribution in [3.63, 3.8) is 0 Å². The molecule has 0 aliphatic rings. The fourth-order valence-electron chi connectivity index (χ4n) is 0.965. The quantitative estimate of drug-likeness (QED) is 0.659. The Morgan fingerprint density at radius 1 is 1.33 bits per heavy atom. The Morgan fingerprint density at radius 3 is 2.58 bits per heavy atom. The Hall–Kier alpha value is -1.05. The Kier molecular flexibility index (Phi) is 2.69. The van der Waals surface area contributed by atoms with Crippen LogP contribution in [0.5, 0.6) is 5.75 Å². The van der Waals surface area contributed by atoms with Crippen LogP contribution in [-0.4, -0.2) is 6.10 Å². The molecule has 0 aliphatic carbocycles. The summed E-state index contributed by atoms with van der Waals surface area (Å²) in [5, 5.41) is 0. The van der Waals surface area contributed by atoms with E-state index in [1.54, 1.807) is 25.1 Å². The lowest BCUT2D eigenvalue weighted by Crippen LogP contribution is -2.07. The first-order chi connectivity index (χ1) is 5.61. The third-order valence-electron chi connectivity index (χ3n) is 1.52. The third-order valence-corrected chi connectivity index (χ3v) is 1.52. The van der Waals surface area contributed by atoms with E-state index in [0.717, 1.165) is 0 Å². The molecule has 0 saturated heterocycles. The van der Waals surface area contributed by atoms with Gasteiger partial charge < -0.3 is 4.74 Å². The molecule has 0 aromatic heterocycles. The van der Waals surface area contributed by atoms with Gasteiger partial charge in [0.15, 0.2) is 11.6 Å². The lowest BCUT2D eigenvalue weighted by molar-refractivity contribution is 0.231. The SMILES string of the molecule is Cc1cccc(OC(C)C)c1F. The van der Waals surface area contributed by atoms with Crippen molar-refractivity contribution in [2.75, 3.05) is 0 Å². The fraction of sp³-hybridized carbons (Fsp3) is 0.400. The van der Waals surface area contributed by atoms with Gasteiger partial charge in [-0.05, 0) is 32.4 Å². The van der Waals surface area contributed by atoms with Gasteiger partial charge in [-0.2, -0.15) is 0 Å². The van der Waals surface area contributed by atoms with Crippen molar-refractivity contribution in [1.82, 2.24) is 0 Å². The minimum atomic E-state index is -0.258. The molecule has 0 saturated carbocycles. The molecule has 1 aromatic rings. The van der Waals surface area contributed by atoms with Crippen LogP contribution in [0, 0.1) is 12.7 Å². The lowest BCUT2D eigenvalue weighted by Gasteiger charge is -2.10. The fourth-order valence-corrected chi connectivity index (χ4v) is 0.965. The largest absolute Gasteiger partial charge is 0.488 e. The molecular formula is C10H13FO. The first-order valence-electron chi connectivity index (χ1n) is 4.03. The smallest absolute Gasteiger partial charge is 0.167 e. The Labute approximate surface area is 72.2 Å². The minimum absolute atomic E-state index is 0.0151. The van der Waals surface area contributed by atoms with Crippen LogP contribution in [0.2, 0.25) is 0 Å². The van der Waals surface area contributed by atoms with Crippen LogP contribution < -0.4 is 4.74 Å². The van der Waals surface area contributed by atoms with Crippen LogP contribution in [0.3, 0.4) is 0 Å². The average molecular weight is 168 g/mol. The number of aryl methyl sites for hydroxylation is 1. The highest BCUT2D eigenvalue weighted by Gasteiger charge is 2.06. The van der Waals surface area contributed by atoms with Gasteiger partial charge in [-0.25, -0.2) is 4.39 Å². The van der Waals surface area contributed by atoms with Crippen molar-refractivity contribution in [2.45, 2.75) is 26.9 Å². The predicted molar refractivity (Wildman–Crippen MR) is 46.9 cm³/mol. The van der Waals surface area contributed by atoms with Crippen molar-refractivity contribution >= 4 is 0 Å². The van der Waals surface area contributed by atoms with Crippen molar-refractivity contribution in [1.29, 1.82) is 0 Å². The number of ether oxygens (including phenoxy) is 1. The summed E-state index contributed by atoms with van der Waals surface area (Å²) in [5.74, 6) is 0.0798. The molecule has 0 unspecified atom stereocenters. The van der Waals surface area contributed by atoms with Gasteiger partial charge in [0, 0.05) is 0 Å². The average Bonchev–Trinajstić information content (AvgIpc) is 1.98. The van der Waals surface area contributed by atoms with Crippen molar-refractivity contribution in [2.24, 2.45) is 0 Å². The maximum atomic E-state index is 13.2. The molecule has 1 nitrogen and oxygen atoms in total. The van der Waals surface area contributed by atoms with E-state index in [1.165, 1.54) is 0 Å². The van der Waals surface area contributed by atoms with Crippen LogP contribution in [0.1, 0.15) is 19.4 Å². The summed E-state index contributed by atoms with van der Waals surface area (Å²) in [6, 6.07) is 5.15.